The van der Waals surface area contributed by atoms with Crippen molar-refractivity contribution in [1.82, 2.24) is 10.2 Å². The predicted molar refractivity (Wildman–Crippen MR) is 57.9 cm³/mol. The first-order valence-electron chi connectivity index (χ1n) is 4.44. The fourth-order valence-electron chi connectivity index (χ4n) is 0.886. The molecule has 4 nitrogen and oxygen atoms in total. The summed E-state index contributed by atoms with van der Waals surface area (Å²) >= 11 is 6.74. The van der Waals surface area contributed by atoms with Gasteiger partial charge in [-0.15, -0.1) is 21.8 Å². The van der Waals surface area contributed by atoms with E-state index in [2.05, 4.69) is 22.4 Å². The number of rotatable bonds is 5. The molecule has 0 fully saturated rings. The Balaban J connectivity index is 2.46. The van der Waals surface area contributed by atoms with Crippen molar-refractivity contribution in [1.29, 1.82) is 0 Å². The maximum atomic E-state index is 10.9. The first kappa shape index (κ1) is 11.4. The van der Waals surface area contributed by atoms with Crippen LogP contribution in [0.15, 0.2) is 0 Å². The van der Waals surface area contributed by atoms with Gasteiger partial charge in [0.15, 0.2) is 0 Å². The van der Waals surface area contributed by atoms with Crippen LogP contribution in [0.25, 0.3) is 0 Å². The number of nitrogens with one attached hydrogen (secondary N) is 1. The Morgan fingerprint density at radius 1 is 1.57 bits per heavy atom. The topological polar surface area (TPSA) is 54.9 Å². The van der Waals surface area contributed by atoms with E-state index in [-0.39, 0.29) is 11.8 Å². The highest BCUT2D eigenvalue weighted by Crippen LogP contribution is 2.16. The maximum Gasteiger partial charge on any atom is 0.241 e. The number of hydrogen-bond acceptors (Lipinski definition) is 4. The van der Waals surface area contributed by atoms with Gasteiger partial charge in [-0.3, -0.25) is 10.1 Å². The van der Waals surface area contributed by atoms with Crippen molar-refractivity contribution in [3.8, 4) is 0 Å². The number of nitrogens with zero attached hydrogens (tertiary/aromatic N) is 2. The quantitative estimate of drug-likeness (QED) is 0.792. The Morgan fingerprint density at radius 3 is 3.00 bits per heavy atom. The second kappa shape index (κ2) is 5.93. The van der Waals surface area contributed by atoms with E-state index in [1.807, 2.05) is 0 Å². The van der Waals surface area contributed by atoms with Crippen LogP contribution in [0, 0.1) is 0 Å². The summed E-state index contributed by atoms with van der Waals surface area (Å²) in [5.41, 5.74) is 0. The van der Waals surface area contributed by atoms with Gasteiger partial charge < -0.3 is 0 Å². The van der Waals surface area contributed by atoms with E-state index in [1.165, 1.54) is 11.3 Å². The number of carbonyl (C=O) groups is 1. The highest BCUT2D eigenvalue weighted by molar-refractivity contribution is 7.15. The molecule has 0 unspecified atom stereocenters. The molecule has 1 aromatic heterocycles. The van der Waals surface area contributed by atoms with Crippen molar-refractivity contribution in [3.05, 3.63) is 5.01 Å². The third-order valence-electron chi connectivity index (χ3n) is 1.58. The zero-order chi connectivity index (χ0) is 10.4. The number of halogens is 1. The summed E-state index contributed by atoms with van der Waals surface area (Å²) in [5, 5.41) is 11.8. The fourth-order valence-corrected chi connectivity index (χ4v) is 1.75. The minimum atomic E-state index is -0.246. The van der Waals surface area contributed by atoms with Gasteiger partial charge in [0.1, 0.15) is 10.9 Å². The molecule has 0 atom stereocenters. The van der Waals surface area contributed by atoms with Crippen molar-refractivity contribution in [2.45, 2.75) is 26.2 Å². The summed E-state index contributed by atoms with van der Waals surface area (Å²) in [7, 11) is 0. The zero-order valence-corrected chi connectivity index (χ0v) is 9.49. The van der Waals surface area contributed by atoms with Gasteiger partial charge in [0.2, 0.25) is 11.0 Å². The van der Waals surface area contributed by atoms with Gasteiger partial charge >= 0.3 is 0 Å². The van der Waals surface area contributed by atoms with Crippen LogP contribution in [0.4, 0.5) is 5.13 Å². The molecule has 14 heavy (non-hydrogen) atoms. The van der Waals surface area contributed by atoms with Gasteiger partial charge in [-0.2, -0.15) is 0 Å². The average Bonchev–Trinajstić information content (AvgIpc) is 2.62. The second-order valence-corrected chi connectivity index (χ2v) is 4.12. The predicted octanol–water partition coefficient (Wildman–Crippen LogP) is 2.06. The summed E-state index contributed by atoms with van der Waals surface area (Å²) in [6.45, 7) is 2.12. The molecular formula is C8H12ClN3OS. The van der Waals surface area contributed by atoms with Crippen LogP contribution in [0.1, 0.15) is 24.8 Å². The molecule has 0 radical (unpaired) electrons. The Morgan fingerprint density at radius 2 is 2.36 bits per heavy atom. The van der Waals surface area contributed by atoms with Crippen LogP contribution in [-0.2, 0) is 11.2 Å². The standard InChI is InChI=1S/C8H12ClN3OS/c1-2-3-4-7-11-12-8(14-7)10-6(13)5-9/h2-5H2,1H3,(H,10,12,13). The lowest BCUT2D eigenvalue weighted by molar-refractivity contribution is -0.113. The number of alkyl halides is 1. The van der Waals surface area contributed by atoms with E-state index in [9.17, 15) is 4.79 Å². The highest BCUT2D eigenvalue weighted by atomic mass is 35.5. The van der Waals surface area contributed by atoms with Crippen molar-refractivity contribution < 1.29 is 4.79 Å². The molecule has 0 aliphatic rings. The lowest BCUT2D eigenvalue weighted by Gasteiger charge is -1.93. The third-order valence-corrected chi connectivity index (χ3v) is 2.72. The van der Waals surface area contributed by atoms with Gasteiger partial charge in [-0.1, -0.05) is 24.7 Å². The number of unbranched alkanes of at least 4 members (excludes halogenated alkanes) is 1. The second-order valence-electron chi connectivity index (χ2n) is 2.79. The molecule has 0 aromatic carbocycles. The first-order chi connectivity index (χ1) is 6.76. The molecule has 78 valence electrons. The SMILES string of the molecule is CCCCc1nnc(NC(=O)CCl)s1. The van der Waals surface area contributed by atoms with Crippen LogP contribution < -0.4 is 5.32 Å². The number of carbonyl (C=O) groups excluding carboxylic acids is 1. The largest absolute Gasteiger partial charge is 0.299 e. The van der Waals surface area contributed by atoms with E-state index in [4.69, 9.17) is 11.6 Å². The van der Waals surface area contributed by atoms with Crippen LogP contribution in [0.5, 0.6) is 0 Å². The third kappa shape index (κ3) is 3.59. The molecule has 0 aliphatic heterocycles. The van der Waals surface area contributed by atoms with Crippen LogP contribution in [0.2, 0.25) is 0 Å². The zero-order valence-electron chi connectivity index (χ0n) is 7.92. The number of anilines is 1. The molecule has 1 aromatic rings. The van der Waals surface area contributed by atoms with Crippen molar-refractivity contribution in [2.75, 3.05) is 11.2 Å². The number of aryl methyl sites for hydroxylation is 1. The Labute approximate surface area is 91.7 Å². The molecule has 1 amide bonds. The van der Waals surface area contributed by atoms with Gasteiger partial charge in [0.25, 0.3) is 0 Å². The number of hydrogen-bond donors (Lipinski definition) is 1. The Bertz CT molecular complexity index is 303. The fraction of sp³-hybridized carbons (Fsp3) is 0.625. The summed E-state index contributed by atoms with van der Waals surface area (Å²) in [5.74, 6) is -0.297. The first-order valence-corrected chi connectivity index (χ1v) is 5.79. The normalized spacial score (nSPS) is 10.1. The van der Waals surface area contributed by atoms with Crippen LogP contribution in [0.3, 0.4) is 0 Å². The minimum Gasteiger partial charge on any atom is -0.299 e. The summed E-state index contributed by atoms with van der Waals surface area (Å²) < 4.78 is 0. The van der Waals surface area contributed by atoms with E-state index in [0.717, 1.165) is 24.3 Å². The lowest BCUT2D eigenvalue weighted by Crippen LogP contribution is -2.12. The van der Waals surface area contributed by atoms with E-state index >= 15 is 0 Å². The monoisotopic (exact) mass is 233 g/mol. The molecule has 0 bridgehead atoms. The molecule has 1 N–H and O–H groups in total. The van der Waals surface area contributed by atoms with Crippen LogP contribution >= 0.6 is 22.9 Å². The maximum absolute atomic E-state index is 10.9. The highest BCUT2D eigenvalue weighted by Gasteiger charge is 2.06. The number of amides is 1. The minimum absolute atomic E-state index is 0.0517. The summed E-state index contributed by atoms with van der Waals surface area (Å²) in [4.78, 5) is 10.9. The van der Waals surface area contributed by atoms with Crippen molar-refractivity contribution >= 4 is 34.0 Å². The van der Waals surface area contributed by atoms with Crippen LogP contribution in [-0.4, -0.2) is 22.0 Å². The van der Waals surface area contributed by atoms with Gasteiger partial charge in [-0.05, 0) is 6.42 Å². The molecule has 6 heteroatoms. The van der Waals surface area contributed by atoms with E-state index < -0.39 is 0 Å². The molecule has 0 spiro atoms. The molecule has 0 saturated carbocycles. The smallest absolute Gasteiger partial charge is 0.241 e. The molecule has 1 rings (SSSR count). The van der Waals surface area contributed by atoms with Gasteiger partial charge in [-0.25, -0.2) is 0 Å². The molecular weight excluding hydrogens is 222 g/mol. The Hall–Kier alpha value is -0.680. The number of aromatic nitrogens is 2. The lowest BCUT2D eigenvalue weighted by atomic mass is 10.3. The van der Waals surface area contributed by atoms with Gasteiger partial charge in [0, 0.05) is 6.42 Å². The van der Waals surface area contributed by atoms with E-state index in [0.29, 0.717) is 5.13 Å². The molecule has 0 aliphatic carbocycles. The van der Waals surface area contributed by atoms with Crippen molar-refractivity contribution in [2.24, 2.45) is 0 Å². The van der Waals surface area contributed by atoms with E-state index in [1.54, 1.807) is 0 Å². The summed E-state index contributed by atoms with van der Waals surface area (Å²) in [6, 6.07) is 0. The Kier molecular flexibility index (Phi) is 4.82. The molecule has 1 heterocycles. The summed E-state index contributed by atoms with van der Waals surface area (Å²) in [6.07, 6.45) is 3.14. The van der Waals surface area contributed by atoms with Gasteiger partial charge in [0.05, 0.1) is 0 Å². The average molecular weight is 234 g/mol. The van der Waals surface area contributed by atoms with Crippen molar-refractivity contribution in [3.63, 3.8) is 0 Å². The molecule has 0 saturated heterocycles.